The molecule has 0 bridgehead atoms. The molecule has 9 heteroatoms. The Kier molecular flexibility index (Phi) is 9.86. The number of aliphatic hydroxyl groups excluding tert-OH is 1. The monoisotopic (exact) mass is 557 g/mol. The fourth-order valence-electron chi connectivity index (χ4n) is 4.84. The van der Waals surface area contributed by atoms with Crippen LogP contribution in [0.15, 0.2) is 83.5 Å². The molecule has 3 unspecified atom stereocenters. The van der Waals surface area contributed by atoms with Gasteiger partial charge in [-0.25, -0.2) is 9.78 Å². The van der Waals surface area contributed by atoms with Gasteiger partial charge in [0.15, 0.2) is 11.9 Å². The number of Topliss-reactive ketones (excluding diaryl/α,β-unsaturated/α-hetero) is 1. The van der Waals surface area contributed by atoms with Gasteiger partial charge in [-0.15, -0.1) is 0 Å². The molecule has 214 valence electrons. The van der Waals surface area contributed by atoms with E-state index in [0.29, 0.717) is 12.8 Å². The van der Waals surface area contributed by atoms with Crippen molar-refractivity contribution in [2.24, 2.45) is 5.92 Å². The van der Waals surface area contributed by atoms with Gasteiger partial charge in [-0.3, -0.25) is 9.59 Å². The first-order valence-electron chi connectivity index (χ1n) is 13.7. The Morgan fingerprint density at radius 2 is 1.63 bits per heavy atom. The van der Waals surface area contributed by atoms with E-state index in [1.165, 1.54) is 6.26 Å². The Hall–Kier alpha value is -4.50. The number of carboxylic acid groups (broad SMARTS) is 1. The number of aliphatic hydroxyl groups is 1. The van der Waals surface area contributed by atoms with Gasteiger partial charge in [-0.05, 0) is 47.1 Å². The van der Waals surface area contributed by atoms with E-state index >= 15 is 0 Å². The van der Waals surface area contributed by atoms with Crippen LogP contribution >= 0.6 is 0 Å². The second-order valence-electron chi connectivity index (χ2n) is 10.5. The van der Waals surface area contributed by atoms with Crippen LogP contribution in [0.25, 0.3) is 10.8 Å². The Balaban J connectivity index is 1.52. The van der Waals surface area contributed by atoms with E-state index < -0.39 is 30.2 Å². The summed E-state index contributed by atoms with van der Waals surface area (Å²) in [5.74, 6) is -0.878. The molecule has 0 aliphatic heterocycles. The third-order valence-corrected chi connectivity index (χ3v) is 6.91. The van der Waals surface area contributed by atoms with E-state index in [0.717, 1.165) is 21.9 Å². The zero-order chi connectivity index (χ0) is 29.4. The molecular weight excluding hydrogens is 522 g/mol. The summed E-state index contributed by atoms with van der Waals surface area (Å²) in [7, 11) is 0. The predicted molar refractivity (Wildman–Crippen MR) is 155 cm³/mol. The van der Waals surface area contributed by atoms with Gasteiger partial charge < -0.3 is 25.3 Å². The van der Waals surface area contributed by atoms with Gasteiger partial charge in [-0.1, -0.05) is 86.6 Å². The van der Waals surface area contributed by atoms with Crippen LogP contribution in [0.4, 0.5) is 4.79 Å². The van der Waals surface area contributed by atoms with Crippen LogP contribution in [0.3, 0.4) is 0 Å². The van der Waals surface area contributed by atoms with E-state index in [1.807, 2.05) is 86.6 Å². The van der Waals surface area contributed by atoms with Crippen LogP contribution in [0.1, 0.15) is 60.3 Å². The molecule has 2 amide bonds. The second-order valence-corrected chi connectivity index (χ2v) is 10.5. The minimum Gasteiger partial charge on any atom is -0.465 e. The summed E-state index contributed by atoms with van der Waals surface area (Å²) in [6, 6.07) is 21.3. The number of nitrogens with zero attached hydrogens (tertiary/aromatic N) is 1. The SMILES string of the molecule is CC(C)CC(NC(=O)O)C(=O)NC(CCc1ccccc1)C(O)c1nc(C(=O)Cc2cccc3ccccc23)co1. The van der Waals surface area contributed by atoms with E-state index in [-0.39, 0.29) is 36.1 Å². The van der Waals surface area contributed by atoms with Crippen molar-refractivity contribution in [1.82, 2.24) is 15.6 Å². The number of amides is 2. The van der Waals surface area contributed by atoms with E-state index in [4.69, 9.17) is 4.42 Å². The zero-order valence-electron chi connectivity index (χ0n) is 23.1. The summed E-state index contributed by atoms with van der Waals surface area (Å²) in [5, 5.41) is 27.6. The summed E-state index contributed by atoms with van der Waals surface area (Å²) in [6.07, 6.45) is -0.228. The highest BCUT2D eigenvalue weighted by molar-refractivity contribution is 5.98. The summed E-state index contributed by atoms with van der Waals surface area (Å²) in [6.45, 7) is 3.77. The minimum atomic E-state index is -1.37. The normalized spacial score (nSPS) is 13.5. The maximum absolute atomic E-state index is 13.1. The molecule has 41 heavy (non-hydrogen) atoms. The van der Waals surface area contributed by atoms with E-state index in [1.54, 1.807) is 0 Å². The molecule has 1 aromatic heterocycles. The maximum atomic E-state index is 13.1. The average Bonchev–Trinajstić information content (AvgIpc) is 3.45. The molecule has 0 spiro atoms. The highest BCUT2D eigenvalue weighted by Crippen LogP contribution is 2.23. The third-order valence-electron chi connectivity index (χ3n) is 6.91. The number of aromatic nitrogens is 1. The Bertz CT molecular complexity index is 1480. The number of carbonyl (C=O) groups is 3. The summed E-state index contributed by atoms with van der Waals surface area (Å²) >= 11 is 0. The quantitative estimate of drug-likeness (QED) is 0.168. The van der Waals surface area contributed by atoms with Crippen LogP contribution < -0.4 is 10.6 Å². The molecule has 0 fully saturated rings. The van der Waals surface area contributed by atoms with Gasteiger partial charge in [0.2, 0.25) is 11.8 Å². The second kappa shape index (κ2) is 13.7. The summed E-state index contributed by atoms with van der Waals surface area (Å²) in [5.41, 5.74) is 1.93. The van der Waals surface area contributed by atoms with E-state index in [2.05, 4.69) is 15.6 Å². The third kappa shape index (κ3) is 8.02. The van der Waals surface area contributed by atoms with Crippen molar-refractivity contribution in [3.8, 4) is 0 Å². The number of ketones is 1. The largest absolute Gasteiger partial charge is 0.465 e. The van der Waals surface area contributed by atoms with Crippen molar-refractivity contribution in [3.63, 3.8) is 0 Å². The van der Waals surface area contributed by atoms with Crippen LogP contribution in [0.5, 0.6) is 0 Å². The lowest BCUT2D eigenvalue weighted by atomic mass is 9.98. The zero-order valence-corrected chi connectivity index (χ0v) is 23.1. The lowest BCUT2D eigenvalue weighted by Crippen LogP contribution is -2.51. The van der Waals surface area contributed by atoms with Crippen molar-refractivity contribution in [2.45, 2.75) is 57.7 Å². The first-order chi connectivity index (χ1) is 19.7. The number of fused-ring (bicyclic) bond motifs is 1. The van der Waals surface area contributed by atoms with Gasteiger partial charge in [0.25, 0.3) is 0 Å². The fraction of sp³-hybridized carbons (Fsp3) is 0.312. The fourth-order valence-corrected chi connectivity index (χ4v) is 4.84. The molecule has 4 rings (SSSR count). The van der Waals surface area contributed by atoms with Gasteiger partial charge >= 0.3 is 6.09 Å². The number of aryl methyl sites for hydroxylation is 1. The molecule has 3 aromatic carbocycles. The average molecular weight is 558 g/mol. The highest BCUT2D eigenvalue weighted by atomic mass is 16.4. The number of hydrogen-bond donors (Lipinski definition) is 4. The summed E-state index contributed by atoms with van der Waals surface area (Å²) < 4.78 is 5.53. The molecule has 0 radical (unpaired) electrons. The molecule has 4 N–H and O–H groups in total. The summed E-state index contributed by atoms with van der Waals surface area (Å²) in [4.78, 5) is 41.9. The minimum absolute atomic E-state index is 0.0485. The lowest BCUT2D eigenvalue weighted by molar-refractivity contribution is -0.125. The van der Waals surface area contributed by atoms with Crippen molar-refractivity contribution in [2.75, 3.05) is 0 Å². The lowest BCUT2D eigenvalue weighted by Gasteiger charge is -2.26. The van der Waals surface area contributed by atoms with Gasteiger partial charge in [0, 0.05) is 6.42 Å². The number of carbonyl (C=O) groups excluding carboxylic acids is 2. The van der Waals surface area contributed by atoms with Gasteiger partial charge in [0.05, 0.1) is 6.04 Å². The van der Waals surface area contributed by atoms with E-state index in [9.17, 15) is 24.6 Å². The smallest absolute Gasteiger partial charge is 0.405 e. The van der Waals surface area contributed by atoms with Crippen molar-refractivity contribution in [3.05, 3.63) is 102 Å². The van der Waals surface area contributed by atoms with Crippen LogP contribution in [0.2, 0.25) is 0 Å². The van der Waals surface area contributed by atoms with Gasteiger partial charge in [-0.2, -0.15) is 0 Å². The standard InChI is InChI=1S/C32H35N3O6/c1-20(2)17-26(35-32(39)40)30(38)33-25(16-15-21-9-4-3-5-10-21)29(37)31-34-27(19-41-31)28(36)18-23-13-8-12-22-11-6-7-14-24(22)23/h3-14,19-20,25-26,29,35,37H,15-18H2,1-2H3,(H,33,38)(H,39,40). The number of nitrogens with one attached hydrogen (secondary N) is 2. The molecule has 3 atom stereocenters. The molecule has 1 heterocycles. The first-order valence-corrected chi connectivity index (χ1v) is 13.7. The molecule has 0 saturated carbocycles. The molecular formula is C32H35N3O6. The Labute approximate surface area is 238 Å². The molecule has 4 aromatic rings. The predicted octanol–water partition coefficient (Wildman–Crippen LogP) is 5.09. The maximum Gasteiger partial charge on any atom is 0.405 e. The molecule has 9 nitrogen and oxygen atoms in total. The Morgan fingerprint density at radius 3 is 2.37 bits per heavy atom. The number of oxazole rings is 1. The number of benzene rings is 3. The number of hydrogen-bond acceptors (Lipinski definition) is 6. The number of rotatable bonds is 13. The van der Waals surface area contributed by atoms with Crippen LogP contribution in [-0.2, 0) is 17.6 Å². The van der Waals surface area contributed by atoms with Gasteiger partial charge in [0.1, 0.15) is 18.0 Å². The van der Waals surface area contributed by atoms with Crippen molar-refractivity contribution < 1.29 is 29.0 Å². The molecule has 0 aliphatic carbocycles. The highest BCUT2D eigenvalue weighted by Gasteiger charge is 2.31. The van der Waals surface area contributed by atoms with Crippen molar-refractivity contribution >= 4 is 28.6 Å². The first kappa shape index (κ1) is 29.5. The topological polar surface area (TPSA) is 142 Å². The molecule has 0 saturated heterocycles. The van der Waals surface area contributed by atoms with Crippen LogP contribution in [-0.4, -0.2) is 45.1 Å². The van der Waals surface area contributed by atoms with Crippen molar-refractivity contribution in [1.29, 1.82) is 0 Å². The van der Waals surface area contributed by atoms with Crippen LogP contribution in [0, 0.1) is 5.92 Å². The molecule has 0 aliphatic rings. The Morgan fingerprint density at radius 1 is 0.927 bits per heavy atom.